The molecule has 0 aliphatic heterocycles. The highest BCUT2D eigenvalue weighted by Gasteiger charge is 2.23. The van der Waals surface area contributed by atoms with Gasteiger partial charge in [-0.05, 0) is 43.7 Å². The van der Waals surface area contributed by atoms with Crippen molar-refractivity contribution >= 4 is 0 Å². The quantitative estimate of drug-likeness (QED) is 0.519. The number of rotatable bonds is 12. The Morgan fingerprint density at radius 1 is 1.00 bits per heavy atom. The molecule has 0 saturated heterocycles. The Labute approximate surface area is 115 Å². The first kappa shape index (κ1) is 17.9. The van der Waals surface area contributed by atoms with Gasteiger partial charge in [-0.1, -0.05) is 53.4 Å². The first-order valence-corrected chi connectivity index (χ1v) is 8.01. The molecule has 0 aliphatic carbocycles. The predicted molar refractivity (Wildman–Crippen MR) is 82.9 cm³/mol. The summed E-state index contributed by atoms with van der Waals surface area (Å²) in [6.45, 7) is 12.2. The molecule has 0 bridgehead atoms. The van der Waals surface area contributed by atoms with E-state index in [-0.39, 0.29) is 0 Å². The van der Waals surface area contributed by atoms with Gasteiger partial charge < -0.3 is 11.1 Å². The molecule has 0 unspecified atom stereocenters. The second-order valence-corrected chi connectivity index (χ2v) is 6.18. The lowest BCUT2D eigenvalue weighted by Gasteiger charge is -2.30. The van der Waals surface area contributed by atoms with Crippen LogP contribution in [-0.2, 0) is 0 Å². The fourth-order valence-electron chi connectivity index (χ4n) is 2.37. The van der Waals surface area contributed by atoms with E-state index in [1.54, 1.807) is 0 Å². The van der Waals surface area contributed by atoms with Gasteiger partial charge in [-0.2, -0.15) is 0 Å². The zero-order valence-electron chi connectivity index (χ0n) is 13.2. The van der Waals surface area contributed by atoms with Crippen molar-refractivity contribution in [3.05, 3.63) is 0 Å². The van der Waals surface area contributed by atoms with Crippen molar-refractivity contribution in [1.82, 2.24) is 5.32 Å². The van der Waals surface area contributed by atoms with E-state index in [9.17, 15) is 0 Å². The summed E-state index contributed by atoms with van der Waals surface area (Å²) in [4.78, 5) is 0. The van der Waals surface area contributed by atoms with Crippen LogP contribution in [0.15, 0.2) is 0 Å². The molecule has 2 nitrogen and oxygen atoms in total. The summed E-state index contributed by atoms with van der Waals surface area (Å²) in [6.07, 6.45) is 9.22. The summed E-state index contributed by atoms with van der Waals surface area (Å²) >= 11 is 0. The van der Waals surface area contributed by atoms with E-state index in [1.807, 2.05) is 0 Å². The van der Waals surface area contributed by atoms with Crippen LogP contribution in [0.4, 0.5) is 0 Å². The molecule has 0 fully saturated rings. The number of nitrogens with two attached hydrogens (primary N) is 1. The van der Waals surface area contributed by atoms with Gasteiger partial charge in [-0.25, -0.2) is 0 Å². The zero-order valence-corrected chi connectivity index (χ0v) is 13.2. The van der Waals surface area contributed by atoms with Crippen LogP contribution in [-0.4, -0.2) is 19.6 Å². The lowest BCUT2D eigenvalue weighted by molar-refractivity contribution is 0.259. The lowest BCUT2D eigenvalue weighted by atomic mass is 9.82. The molecule has 110 valence electrons. The molecule has 0 aromatic heterocycles. The predicted octanol–water partition coefficient (Wildman–Crippen LogP) is 3.95. The molecule has 0 heterocycles. The first-order valence-electron chi connectivity index (χ1n) is 8.01. The summed E-state index contributed by atoms with van der Waals surface area (Å²) in [6, 6.07) is 0. The minimum absolute atomic E-state index is 0.331. The number of unbranched alkanes of at least 4 members (excludes halogenated alkanes) is 3. The van der Waals surface area contributed by atoms with Crippen LogP contribution >= 0.6 is 0 Å². The maximum absolute atomic E-state index is 5.90. The summed E-state index contributed by atoms with van der Waals surface area (Å²) in [5.74, 6) is 0.863. The normalized spacial score (nSPS) is 12.3. The van der Waals surface area contributed by atoms with Crippen molar-refractivity contribution in [2.24, 2.45) is 17.1 Å². The largest absolute Gasteiger partial charge is 0.330 e. The first-order chi connectivity index (χ1) is 8.60. The molecule has 0 spiro atoms. The number of hydrogen-bond donors (Lipinski definition) is 2. The molecule has 0 aromatic carbocycles. The summed E-state index contributed by atoms with van der Waals surface area (Å²) in [5, 5.41) is 3.60. The van der Waals surface area contributed by atoms with E-state index in [0.29, 0.717) is 5.41 Å². The van der Waals surface area contributed by atoms with Crippen molar-refractivity contribution in [2.75, 3.05) is 19.6 Å². The molecule has 0 amide bonds. The summed E-state index contributed by atoms with van der Waals surface area (Å²) < 4.78 is 0. The molecule has 0 saturated carbocycles. The van der Waals surface area contributed by atoms with Crippen molar-refractivity contribution in [2.45, 2.75) is 72.6 Å². The third kappa shape index (κ3) is 8.10. The van der Waals surface area contributed by atoms with E-state index in [2.05, 4.69) is 33.0 Å². The molecule has 2 heteroatoms. The van der Waals surface area contributed by atoms with Crippen LogP contribution < -0.4 is 11.1 Å². The average molecular weight is 256 g/mol. The Morgan fingerprint density at radius 3 is 2.11 bits per heavy atom. The molecular formula is C16H36N2. The SMILES string of the molecule is CCC(CC)(CN)CNCCCCCCC(C)C. The van der Waals surface area contributed by atoms with E-state index in [4.69, 9.17) is 5.73 Å². The van der Waals surface area contributed by atoms with Gasteiger partial charge in [-0.15, -0.1) is 0 Å². The topological polar surface area (TPSA) is 38.0 Å². The van der Waals surface area contributed by atoms with Gasteiger partial charge in [0.05, 0.1) is 0 Å². The van der Waals surface area contributed by atoms with Crippen LogP contribution in [0.1, 0.15) is 72.6 Å². The lowest BCUT2D eigenvalue weighted by Crippen LogP contribution is -2.39. The van der Waals surface area contributed by atoms with E-state index in [0.717, 1.165) is 25.6 Å². The maximum atomic E-state index is 5.90. The molecule has 0 atom stereocenters. The highest BCUT2D eigenvalue weighted by molar-refractivity contribution is 4.79. The van der Waals surface area contributed by atoms with Crippen LogP contribution in [0.2, 0.25) is 0 Å². The van der Waals surface area contributed by atoms with Gasteiger partial charge in [-0.3, -0.25) is 0 Å². The maximum Gasteiger partial charge on any atom is 0.00197 e. The van der Waals surface area contributed by atoms with E-state index in [1.165, 1.54) is 44.9 Å². The smallest absolute Gasteiger partial charge is 0.00197 e. The van der Waals surface area contributed by atoms with Crippen molar-refractivity contribution in [1.29, 1.82) is 0 Å². The van der Waals surface area contributed by atoms with Gasteiger partial charge in [0.15, 0.2) is 0 Å². The van der Waals surface area contributed by atoms with Crippen LogP contribution in [0, 0.1) is 11.3 Å². The van der Waals surface area contributed by atoms with Gasteiger partial charge >= 0.3 is 0 Å². The molecule has 0 aliphatic rings. The highest BCUT2D eigenvalue weighted by Crippen LogP contribution is 2.23. The van der Waals surface area contributed by atoms with Gasteiger partial charge in [0, 0.05) is 6.54 Å². The van der Waals surface area contributed by atoms with Crippen LogP contribution in [0.25, 0.3) is 0 Å². The third-order valence-corrected chi connectivity index (χ3v) is 4.32. The Kier molecular flexibility index (Phi) is 10.8. The zero-order chi connectivity index (χ0) is 13.9. The highest BCUT2D eigenvalue weighted by atomic mass is 14.9. The molecule has 0 aromatic rings. The second-order valence-electron chi connectivity index (χ2n) is 6.18. The monoisotopic (exact) mass is 256 g/mol. The summed E-state index contributed by atoms with van der Waals surface area (Å²) in [5.41, 5.74) is 6.23. The molecular weight excluding hydrogens is 220 g/mol. The Bertz CT molecular complexity index is 166. The molecule has 0 rings (SSSR count). The fraction of sp³-hybridized carbons (Fsp3) is 1.00. The fourth-order valence-corrected chi connectivity index (χ4v) is 2.37. The van der Waals surface area contributed by atoms with Crippen molar-refractivity contribution in [3.8, 4) is 0 Å². The molecule has 18 heavy (non-hydrogen) atoms. The minimum atomic E-state index is 0.331. The van der Waals surface area contributed by atoms with Gasteiger partial charge in [0.1, 0.15) is 0 Å². The average Bonchev–Trinajstić information content (AvgIpc) is 2.38. The van der Waals surface area contributed by atoms with Crippen molar-refractivity contribution in [3.63, 3.8) is 0 Å². The Hall–Kier alpha value is -0.0800. The molecule has 0 radical (unpaired) electrons. The third-order valence-electron chi connectivity index (χ3n) is 4.32. The van der Waals surface area contributed by atoms with E-state index >= 15 is 0 Å². The Balaban J connectivity index is 3.44. The van der Waals surface area contributed by atoms with Gasteiger partial charge in [0.2, 0.25) is 0 Å². The summed E-state index contributed by atoms with van der Waals surface area (Å²) in [7, 11) is 0. The van der Waals surface area contributed by atoms with Crippen molar-refractivity contribution < 1.29 is 0 Å². The number of nitrogens with one attached hydrogen (secondary N) is 1. The van der Waals surface area contributed by atoms with E-state index < -0.39 is 0 Å². The minimum Gasteiger partial charge on any atom is -0.330 e. The Morgan fingerprint density at radius 2 is 1.61 bits per heavy atom. The van der Waals surface area contributed by atoms with Crippen LogP contribution in [0.5, 0.6) is 0 Å². The standard InChI is InChI=1S/C16H36N2/c1-5-16(6-2,13-17)14-18-12-10-8-7-9-11-15(3)4/h15,18H,5-14,17H2,1-4H3. The van der Waals surface area contributed by atoms with Gasteiger partial charge in [0.25, 0.3) is 0 Å². The second kappa shape index (κ2) is 10.8. The number of hydrogen-bond acceptors (Lipinski definition) is 2. The van der Waals surface area contributed by atoms with Crippen LogP contribution in [0.3, 0.4) is 0 Å². The molecule has 3 N–H and O–H groups in total.